The van der Waals surface area contributed by atoms with Crippen LogP contribution in [-0.4, -0.2) is 77.9 Å². The number of carbonyl (C=O) groups is 2. The Kier molecular flexibility index (Phi) is 5.37. The number of carbonyl (C=O) groups excluding carboxylic acids is 2. The van der Waals surface area contributed by atoms with Gasteiger partial charge in [-0.15, -0.1) is 0 Å². The highest BCUT2D eigenvalue weighted by Crippen LogP contribution is 2.57. The number of fused-ring (bicyclic) bond motifs is 1. The Balaban J connectivity index is 1.26. The fourth-order valence-electron chi connectivity index (χ4n) is 7.47. The molecular weight excluding hydrogens is 400 g/mol. The number of hydrogen-bond donors (Lipinski definition) is 1. The van der Waals surface area contributed by atoms with E-state index in [0.29, 0.717) is 12.6 Å². The van der Waals surface area contributed by atoms with Crippen molar-refractivity contribution < 1.29 is 9.59 Å². The average Bonchev–Trinajstić information content (AvgIpc) is 3.07. The molecule has 0 radical (unpaired) electrons. The predicted molar refractivity (Wildman–Crippen MR) is 126 cm³/mol. The molecule has 1 aromatic carbocycles. The van der Waals surface area contributed by atoms with Gasteiger partial charge in [0.2, 0.25) is 0 Å². The lowest BCUT2D eigenvalue weighted by atomic mass is 9.51. The Morgan fingerprint density at radius 3 is 2.28 bits per heavy atom. The Labute approximate surface area is 192 Å². The molecule has 2 saturated heterocycles. The van der Waals surface area contributed by atoms with Gasteiger partial charge < -0.3 is 15.1 Å². The van der Waals surface area contributed by atoms with E-state index in [-0.39, 0.29) is 28.7 Å². The maximum absolute atomic E-state index is 13.3. The van der Waals surface area contributed by atoms with E-state index in [1.807, 2.05) is 23.1 Å². The van der Waals surface area contributed by atoms with Gasteiger partial charge in [-0.1, -0.05) is 27.7 Å². The normalized spacial score (nSPS) is 26.2. The highest BCUT2D eigenvalue weighted by Gasteiger charge is 2.57. The van der Waals surface area contributed by atoms with Crippen LogP contribution in [-0.2, 0) is 6.54 Å². The van der Waals surface area contributed by atoms with Crippen molar-refractivity contribution in [1.82, 2.24) is 20.0 Å². The monoisotopic (exact) mass is 438 g/mol. The van der Waals surface area contributed by atoms with Crippen molar-refractivity contribution in [1.29, 1.82) is 0 Å². The number of benzene rings is 1. The van der Waals surface area contributed by atoms with Gasteiger partial charge in [0.1, 0.15) is 0 Å². The number of piperazine rings is 1. The van der Waals surface area contributed by atoms with Crippen molar-refractivity contribution in [2.75, 3.05) is 39.3 Å². The Morgan fingerprint density at radius 2 is 1.66 bits per heavy atom. The minimum Gasteiger partial charge on any atom is -0.336 e. The molecule has 0 bridgehead atoms. The number of amides is 2. The van der Waals surface area contributed by atoms with Crippen LogP contribution in [0.3, 0.4) is 0 Å². The summed E-state index contributed by atoms with van der Waals surface area (Å²) < 4.78 is 0. The van der Waals surface area contributed by atoms with Gasteiger partial charge in [-0.25, -0.2) is 0 Å². The first-order valence-electron chi connectivity index (χ1n) is 12.4. The van der Waals surface area contributed by atoms with Crippen LogP contribution in [0.4, 0.5) is 0 Å². The second-order valence-electron chi connectivity index (χ2n) is 11.7. The highest BCUT2D eigenvalue weighted by atomic mass is 16.2. The minimum atomic E-state index is 0.105. The van der Waals surface area contributed by atoms with E-state index in [4.69, 9.17) is 0 Å². The zero-order valence-corrected chi connectivity index (χ0v) is 20.1. The summed E-state index contributed by atoms with van der Waals surface area (Å²) in [5, 5.41) is 3.43. The molecule has 4 aliphatic rings. The molecule has 3 fully saturated rings. The quantitative estimate of drug-likeness (QED) is 0.788. The molecule has 2 amide bonds. The van der Waals surface area contributed by atoms with Crippen LogP contribution in [0, 0.1) is 10.8 Å². The fourth-order valence-corrected chi connectivity index (χ4v) is 7.47. The molecule has 1 aromatic rings. The summed E-state index contributed by atoms with van der Waals surface area (Å²) in [6, 6.07) is 6.61. The molecule has 0 atom stereocenters. The highest BCUT2D eigenvalue weighted by molar-refractivity contribution is 6.01. The van der Waals surface area contributed by atoms with E-state index in [9.17, 15) is 9.59 Å². The number of nitrogens with zero attached hydrogens (tertiary/aromatic N) is 3. The Morgan fingerprint density at radius 1 is 1.00 bits per heavy atom. The molecule has 5 rings (SSSR count). The molecule has 32 heavy (non-hydrogen) atoms. The SMILES string of the molecule is CC1(C)CC(C)(C)C1N1Cc2cc(C(=O)N3CCN(C4CCNCC4)CC3)ccc2C1=O. The third-order valence-electron chi connectivity index (χ3n) is 8.31. The largest absolute Gasteiger partial charge is 0.336 e. The molecule has 6 nitrogen and oxygen atoms in total. The lowest BCUT2D eigenvalue weighted by Gasteiger charge is -2.60. The van der Waals surface area contributed by atoms with E-state index in [0.717, 1.165) is 62.4 Å². The summed E-state index contributed by atoms with van der Waals surface area (Å²) >= 11 is 0. The van der Waals surface area contributed by atoms with Crippen LogP contribution in [0.2, 0.25) is 0 Å². The summed E-state index contributed by atoms with van der Waals surface area (Å²) in [7, 11) is 0. The standard InChI is InChI=1S/C26H38N4O2/c1-25(2)17-26(3,4)24(25)30-16-19-15-18(5-6-21(19)23(30)32)22(31)29-13-11-28(12-14-29)20-7-9-27-10-8-20/h5-6,15,20,24,27H,7-14,16-17H2,1-4H3. The van der Waals surface area contributed by atoms with Gasteiger partial charge in [-0.2, -0.15) is 0 Å². The van der Waals surface area contributed by atoms with Gasteiger partial charge >= 0.3 is 0 Å². The summed E-state index contributed by atoms with van der Waals surface area (Å²) in [6.07, 6.45) is 3.54. The van der Waals surface area contributed by atoms with Gasteiger partial charge in [-0.05, 0) is 66.9 Å². The average molecular weight is 439 g/mol. The second kappa shape index (κ2) is 7.84. The van der Waals surface area contributed by atoms with E-state index in [2.05, 4.69) is 42.8 Å². The van der Waals surface area contributed by atoms with Gasteiger partial charge in [0, 0.05) is 55.9 Å². The molecule has 6 heteroatoms. The molecule has 0 spiro atoms. The first kappa shape index (κ1) is 21.9. The maximum Gasteiger partial charge on any atom is 0.254 e. The van der Waals surface area contributed by atoms with E-state index >= 15 is 0 Å². The van der Waals surface area contributed by atoms with Crippen molar-refractivity contribution >= 4 is 11.8 Å². The Bertz CT molecular complexity index is 896. The fraction of sp³-hybridized carbons (Fsp3) is 0.692. The van der Waals surface area contributed by atoms with Crippen LogP contribution in [0.1, 0.15) is 73.2 Å². The van der Waals surface area contributed by atoms with Crippen molar-refractivity contribution in [3.63, 3.8) is 0 Å². The van der Waals surface area contributed by atoms with Crippen molar-refractivity contribution in [3.8, 4) is 0 Å². The zero-order valence-electron chi connectivity index (χ0n) is 20.1. The molecule has 0 unspecified atom stereocenters. The van der Waals surface area contributed by atoms with Crippen LogP contribution in [0.25, 0.3) is 0 Å². The topological polar surface area (TPSA) is 55.9 Å². The number of hydrogen-bond acceptors (Lipinski definition) is 4. The van der Waals surface area contributed by atoms with E-state index in [1.165, 1.54) is 12.8 Å². The third kappa shape index (κ3) is 3.65. The summed E-state index contributed by atoms with van der Waals surface area (Å²) in [5.74, 6) is 0.230. The van der Waals surface area contributed by atoms with Crippen LogP contribution < -0.4 is 5.32 Å². The molecule has 1 saturated carbocycles. The zero-order chi connectivity index (χ0) is 22.7. The summed E-state index contributed by atoms with van der Waals surface area (Å²) in [6.45, 7) is 15.4. The molecule has 3 heterocycles. The molecule has 174 valence electrons. The van der Waals surface area contributed by atoms with Gasteiger partial charge in [0.25, 0.3) is 11.8 Å². The number of nitrogens with one attached hydrogen (secondary N) is 1. The lowest BCUT2D eigenvalue weighted by molar-refractivity contribution is -0.0989. The van der Waals surface area contributed by atoms with Crippen LogP contribution in [0.5, 0.6) is 0 Å². The molecule has 1 N–H and O–H groups in total. The predicted octanol–water partition coefficient (Wildman–Crippen LogP) is 2.98. The Hall–Kier alpha value is -1.92. The summed E-state index contributed by atoms with van der Waals surface area (Å²) in [5.41, 5.74) is 2.77. The van der Waals surface area contributed by atoms with E-state index in [1.54, 1.807) is 0 Å². The number of rotatable bonds is 3. The van der Waals surface area contributed by atoms with Crippen LogP contribution in [0.15, 0.2) is 18.2 Å². The van der Waals surface area contributed by atoms with Crippen molar-refractivity contribution in [2.45, 2.75) is 65.6 Å². The van der Waals surface area contributed by atoms with Crippen molar-refractivity contribution in [2.24, 2.45) is 10.8 Å². The smallest absolute Gasteiger partial charge is 0.254 e. The molecule has 0 aromatic heterocycles. The third-order valence-corrected chi connectivity index (χ3v) is 8.31. The van der Waals surface area contributed by atoms with Crippen molar-refractivity contribution in [3.05, 3.63) is 34.9 Å². The number of piperidine rings is 1. The van der Waals surface area contributed by atoms with Gasteiger partial charge in [0.15, 0.2) is 0 Å². The van der Waals surface area contributed by atoms with Gasteiger partial charge in [-0.3, -0.25) is 14.5 Å². The first-order chi connectivity index (χ1) is 15.2. The first-order valence-corrected chi connectivity index (χ1v) is 12.4. The second-order valence-corrected chi connectivity index (χ2v) is 11.7. The van der Waals surface area contributed by atoms with Crippen LogP contribution >= 0.6 is 0 Å². The maximum atomic E-state index is 13.3. The lowest BCUT2D eigenvalue weighted by Crippen LogP contribution is -2.63. The molecular formula is C26H38N4O2. The molecule has 3 aliphatic heterocycles. The van der Waals surface area contributed by atoms with Gasteiger partial charge in [0.05, 0.1) is 0 Å². The summed E-state index contributed by atoms with van der Waals surface area (Å²) in [4.78, 5) is 33.1. The minimum absolute atomic E-state index is 0.105. The molecule has 1 aliphatic carbocycles. The van der Waals surface area contributed by atoms with E-state index < -0.39 is 0 Å².